The molecule has 0 fully saturated rings. The van der Waals surface area contributed by atoms with Crippen LogP contribution in [0.5, 0.6) is 0 Å². The lowest BCUT2D eigenvalue weighted by molar-refractivity contribution is -0.113. The number of hydrogen-bond acceptors (Lipinski definition) is 3. The molecule has 0 radical (unpaired) electrons. The van der Waals surface area contributed by atoms with Gasteiger partial charge in [-0.2, -0.15) is 0 Å². The maximum absolute atomic E-state index is 12.4. The van der Waals surface area contributed by atoms with Crippen LogP contribution in [0.15, 0.2) is 41.2 Å². The molecule has 0 aliphatic carbocycles. The first-order chi connectivity index (χ1) is 12.8. The molecule has 3 rings (SSSR count). The van der Waals surface area contributed by atoms with Gasteiger partial charge in [-0.3, -0.25) is 9.59 Å². The fraction of sp³-hybridized carbons (Fsp3) is 0.273. The van der Waals surface area contributed by atoms with Crippen LogP contribution >= 0.6 is 11.8 Å². The van der Waals surface area contributed by atoms with Gasteiger partial charge in [-0.15, -0.1) is 11.8 Å². The summed E-state index contributed by atoms with van der Waals surface area (Å²) in [5.41, 5.74) is 6.96. The van der Waals surface area contributed by atoms with E-state index in [2.05, 4.69) is 16.4 Å². The van der Waals surface area contributed by atoms with Crippen LogP contribution in [-0.4, -0.2) is 16.6 Å². The Morgan fingerprint density at radius 3 is 2.63 bits per heavy atom. The molecular weight excluding hydrogens is 356 g/mol. The highest BCUT2D eigenvalue weighted by Crippen LogP contribution is 2.20. The van der Waals surface area contributed by atoms with Crippen LogP contribution in [0.4, 0.5) is 5.69 Å². The van der Waals surface area contributed by atoms with Crippen molar-refractivity contribution in [3.63, 3.8) is 0 Å². The zero-order valence-electron chi connectivity index (χ0n) is 16.1. The average Bonchev–Trinajstić information content (AvgIpc) is 2.60. The third kappa shape index (κ3) is 4.42. The second kappa shape index (κ2) is 8.01. The zero-order valence-corrected chi connectivity index (χ0v) is 16.9. The Morgan fingerprint density at radius 2 is 1.85 bits per heavy atom. The van der Waals surface area contributed by atoms with E-state index in [4.69, 9.17) is 0 Å². The van der Waals surface area contributed by atoms with Crippen molar-refractivity contribution in [3.8, 4) is 0 Å². The van der Waals surface area contributed by atoms with Gasteiger partial charge < -0.3 is 10.3 Å². The van der Waals surface area contributed by atoms with Crippen molar-refractivity contribution in [2.45, 2.75) is 33.4 Å². The van der Waals surface area contributed by atoms with Crippen molar-refractivity contribution >= 4 is 34.3 Å². The molecule has 0 spiro atoms. The van der Waals surface area contributed by atoms with Crippen molar-refractivity contribution in [2.75, 3.05) is 11.1 Å². The summed E-state index contributed by atoms with van der Waals surface area (Å²) in [6, 6.07) is 11.5. The van der Waals surface area contributed by atoms with Crippen LogP contribution in [0.2, 0.25) is 0 Å². The summed E-state index contributed by atoms with van der Waals surface area (Å²) in [4.78, 5) is 28.0. The van der Waals surface area contributed by atoms with Crippen molar-refractivity contribution in [3.05, 3.63) is 74.6 Å². The molecule has 4 nitrogen and oxygen atoms in total. The van der Waals surface area contributed by atoms with Crippen LogP contribution in [-0.2, 0) is 10.5 Å². The van der Waals surface area contributed by atoms with E-state index in [9.17, 15) is 9.59 Å². The molecule has 0 aliphatic rings. The van der Waals surface area contributed by atoms with E-state index >= 15 is 0 Å². The third-order valence-corrected chi connectivity index (χ3v) is 5.69. The summed E-state index contributed by atoms with van der Waals surface area (Å²) in [7, 11) is 0. The van der Waals surface area contributed by atoms with Gasteiger partial charge >= 0.3 is 0 Å². The van der Waals surface area contributed by atoms with Gasteiger partial charge in [0.25, 0.3) is 0 Å². The molecule has 5 heteroatoms. The van der Waals surface area contributed by atoms with Crippen LogP contribution < -0.4 is 10.7 Å². The monoisotopic (exact) mass is 380 g/mol. The van der Waals surface area contributed by atoms with Gasteiger partial charge in [0.2, 0.25) is 5.91 Å². The van der Waals surface area contributed by atoms with Crippen molar-refractivity contribution in [1.82, 2.24) is 4.98 Å². The fourth-order valence-corrected chi connectivity index (χ4v) is 3.90. The Morgan fingerprint density at radius 1 is 1.07 bits per heavy atom. The molecule has 140 valence electrons. The number of thioether (sulfide) groups is 1. The molecule has 3 aromatic rings. The molecular formula is C22H24N2O2S. The summed E-state index contributed by atoms with van der Waals surface area (Å²) < 4.78 is 0. The molecule has 0 atom stereocenters. The van der Waals surface area contributed by atoms with E-state index in [1.165, 1.54) is 11.8 Å². The van der Waals surface area contributed by atoms with E-state index in [0.717, 1.165) is 39.2 Å². The molecule has 1 heterocycles. The Hall–Kier alpha value is -2.53. The fourth-order valence-electron chi connectivity index (χ4n) is 3.16. The predicted molar refractivity (Wildman–Crippen MR) is 115 cm³/mol. The van der Waals surface area contributed by atoms with Gasteiger partial charge in [-0.05, 0) is 62.1 Å². The van der Waals surface area contributed by atoms with Crippen molar-refractivity contribution < 1.29 is 4.79 Å². The molecule has 0 unspecified atom stereocenters. The standard InChI is InChI=1S/C22H24N2O2S/c1-13-8-15(3)22-18(9-13)20(25)10-17(23-22)11-27-12-21(26)24-19-7-5-6-14(2)16(19)4/h5-10H,11-12H2,1-4H3,(H,23,25)(H,24,26). The number of carbonyl (C=O) groups excluding carboxylic acids is 1. The number of H-pyrrole nitrogens is 1. The first-order valence-electron chi connectivity index (χ1n) is 8.92. The van der Waals surface area contributed by atoms with Crippen LogP contribution in [0.25, 0.3) is 10.9 Å². The molecule has 0 saturated carbocycles. The lowest BCUT2D eigenvalue weighted by atomic mass is 10.1. The molecule has 0 bridgehead atoms. The van der Waals surface area contributed by atoms with E-state index in [1.54, 1.807) is 6.07 Å². The maximum atomic E-state index is 12.4. The highest BCUT2D eigenvalue weighted by Gasteiger charge is 2.09. The second-order valence-corrected chi connectivity index (χ2v) is 7.94. The number of aromatic amines is 1. The smallest absolute Gasteiger partial charge is 0.234 e. The first kappa shape index (κ1) is 19.2. The first-order valence-corrected chi connectivity index (χ1v) is 10.1. The third-order valence-electron chi connectivity index (χ3n) is 4.71. The normalized spacial score (nSPS) is 11.0. The molecule has 27 heavy (non-hydrogen) atoms. The van der Waals surface area contributed by atoms with Gasteiger partial charge in [0.15, 0.2) is 5.43 Å². The highest BCUT2D eigenvalue weighted by molar-refractivity contribution is 7.99. The minimum absolute atomic E-state index is 0.0194. The number of hydrogen-bond donors (Lipinski definition) is 2. The minimum atomic E-state index is -0.0383. The molecule has 0 saturated heterocycles. The lowest BCUT2D eigenvalue weighted by Crippen LogP contribution is -2.15. The number of aromatic nitrogens is 1. The average molecular weight is 381 g/mol. The number of aryl methyl sites for hydroxylation is 3. The summed E-state index contributed by atoms with van der Waals surface area (Å²) >= 11 is 1.49. The van der Waals surface area contributed by atoms with Gasteiger partial charge in [-0.25, -0.2) is 0 Å². The Bertz CT molecular complexity index is 1070. The Balaban J connectivity index is 1.66. The number of benzene rings is 2. The van der Waals surface area contributed by atoms with Gasteiger partial charge in [0.1, 0.15) is 0 Å². The van der Waals surface area contributed by atoms with E-state index in [-0.39, 0.29) is 11.3 Å². The highest BCUT2D eigenvalue weighted by atomic mass is 32.2. The number of nitrogens with one attached hydrogen (secondary N) is 2. The number of fused-ring (bicyclic) bond motifs is 1. The maximum Gasteiger partial charge on any atom is 0.234 e. The number of carbonyl (C=O) groups is 1. The Kier molecular flexibility index (Phi) is 5.71. The second-order valence-electron chi connectivity index (χ2n) is 6.95. The van der Waals surface area contributed by atoms with E-state index in [0.29, 0.717) is 16.9 Å². The van der Waals surface area contributed by atoms with Crippen LogP contribution in [0.3, 0.4) is 0 Å². The van der Waals surface area contributed by atoms with E-state index in [1.807, 2.05) is 52.0 Å². The molecule has 0 aliphatic heterocycles. The summed E-state index contributed by atoms with van der Waals surface area (Å²) in [6.45, 7) is 8.02. The number of rotatable bonds is 5. The van der Waals surface area contributed by atoms with E-state index < -0.39 is 0 Å². The predicted octanol–water partition coefficient (Wildman–Crippen LogP) is 4.63. The quantitative estimate of drug-likeness (QED) is 0.678. The molecule has 2 N–H and O–H groups in total. The van der Waals surface area contributed by atoms with Crippen molar-refractivity contribution in [1.29, 1.82) is 0 Å². The molecule has 1 aromatic heterocycles. The van der Waals surface area contributed by atoms with Gasteiger partial charge in [-0.1, -0.05) is 18.2 Å². The number of amides is 1. The largest absolute Gasteiger partial charge is 0.357 e. The van der Waals surface area contributed by atoms with Gasteiger partial charge in [0, 0.05) is 28.6 Å². The van der Waals surface area contributed by atoms with Crippen molar-refractivity contribution in [2.24, 2.45) is 0 Å². The molecule has 1 amide bonds. The number of pyridine rings is 1. The number of anilines is 1. The topological polar surface area (TPSA) is 62.0 Å². The molecule has 2 aromatic carbocycles. The van der Waals surface area contributed by atoms with Crippen LogP contribution in [0.1, 0.15) is 27.9 Å². The van der Waals surface area contributed by atoms with Crippen LogP contribution in [0, 0.1) is 27.7 Å². The van der Waals surface area contributed by atoms with Gasteiger partial charge in [0.05, 0.1) is 11.3 Å². The minimum Gasteiger partial charge on any atom is -0.357 e. The lowest BCUT2D eigenvalue weighted by Gasteiger charge is -2.10. The summed E-state index contributed by atoms with van der Waals surface area (Å²) in [6.07, 6.45) is 0. The Labute approximate surface area is 163 Å². The zero-order chi connectivity index (χ0) is 19.6. The SMILES string of the molecule is Cc1cc(C)c2[nH]c(CSCC(=O)Nc3cccc(C)c3C)cc(=O)c2c1. The summed E-state index contributed by atoms with van der Waals surface area (Å²) in [5.74, 6) is 0.877. The summed E-state index contributed by atoms with van der Waals surface area (Å²) in [5, 5.41) is 3.68.